The van der Waals surface area contributed by atoms with E-state index < -0.39 is 9.84 Å². The average molecular weight is 303 g/mol. The van der Waals surface area contributed by atoms with Crippen LogP contribution in [0, 0.1) is 5.82 Å². The maximum atomic E-state index is 13.5. The molecule has 0 bridgehead atoms. The quantitative estimate of drug-likeness (QED) is 0.785. The molecule has 106 valence electrons. The lowest BCUT2D eigenvalue weighted by Gasteiger charge is -2.07. The van der Waals surface area contributed by atoms with Crippen LogP contribution in [0.3, 0.4) is 0 Å². The first-order valence-electron chi connectivity index (χ1n) is 6.26. The maximum Gasteiger partial charge on any atom is 0.148 e. The predicted octanol–water partition coefficient (Wildman–Crippen LogP) is 2.21. The van der Waals surface area contributed by atoms with Crippen molar-refractivity contribution in [1.82, 2.24) is 5.32 Å². The number of hydrogen-bond donors (Lipinski definition) is 1. The third-order valence-electron chi connectivity index (χ3n) is 2.83. The van der Waals surface area contributed by atoms with Gasteiger partial charge in [0.2, 0.25) is 0 Å². The molecule has 1 saturated carbocycles. The van der Waals surface area contributed by atoms with Gasteiger partial charge in [-0.1, -0.05) is 0 Å². The molecule has 0 spiro atoms. The highest BCUT2D eigenvalue weighted by Crippen LogP contribution is 2.23. The Hall–Kier alpha value is -0.590. The van der Waals surface area contributed by atoms with Gasteiger partial charge in [0.1, 0.15) is 15.7 Å². The van der Waals surface area contributed by atoms with Crippen molar-refractivity contribution in [3.8, 4) is 0 Å². The van der Waals surface area contributed by atoms with E-state index in [4.69, 9.17) is 0 Å². The van der Waals surface area contributed by atoms with Crippen molar-refractivity contribution in [2.45, 2.75) is 30.3 Å². The van der Waals surface area contributed by atoms with E-state index in [2.05, 4.69) is 5.32 Å². The Morgan fingerprint density at radius 1 is 1.37 bits per heavy atom. The Morgan fingerprint density at radius 3 is 2.74 bits per heavy atom. The number of halogens is 1. The van der Waals surface area contributed by atoms with Crippen LogP contribution in [-0.4, -0.2) is 32.2 Å². The molecule has 1 fully saturated rings. The summed E-state index contributed by atoms with van der Waals surface area (Å²) in [5.41, 5.74) is 0.911. The number of hydrogen-bond acceptors (Lipinski definition) is 4. The van der Waals surface area contributed by atoms with E-state index in [9.17, 15) is 12.8 Å². The monoisotopic (exact) mass is 303 g/mol. The summed E-state index contributed by atoms with van der Waals surface area (Å²) in [6, 6.07) is 5.49. The van der Waals surface area contributed by atoms with Crippen LogP contribution in [-0.2, 0) is 16.4 Å². The van der Waals surface area contributed by atoms with Gasteiger partial charge in [-0.15, -0.1) is 11.8 Å². The minimum Gasteiger partial charge on any atom is -0.310 e. The molecule has 1 aromatic rings. The van der Waals surface area contributed by atoms with Crippen LogP contribution >= 0.6 is 11.8 Å². The molecule has 0 atom stereocenters. The van der Waals surface area contributed by atoms with Gasteiger partial charge in [-0.05, 0) is 36.6 Å². The highest BCUT2D eigenvalue weighted by Gasteiger charge is 2.20. The average Bonchev–Trinajstić information content (AvgIpc) is 3.07. The molecule has 0 unspecified atom stereocenters. The Labute approximate surface area is 117 Å². The van der Waals surface area contributed by atoms with Gasteiger partial charge in [0.15, 0.2) is 0 Å². The van der Waals surface area contributed by atoms with Crippen LogP contribution in [0.25, 0.3) is 0 Å². The number of nitrogens with one attached hydrogen (secondary N) is 1. The van der Waals surface area contributed by atoms with Crippen LogP contribution < -0.4 is 5.32 Å². The van der Waals surface area contributed by atoms with E-state index in [0.29, 0.717) is 18.3 Å². The first-order valence-corrected chi connectivity index (χ1v) is 9.30. The van der Waals surface area contributed by atoms with Gasteiger partial charge in [0.05, 0.1) is 5.75 Å². The number of benzene rings is 1. The topological polar surface area (TPSA) is 46.2 Å². The molecule has 0 aliphatic heterocycles. The highest BCUT2D eigenvalue weighted by atomic mass is 32.2. The summed E-state index contributed by atoms with van der Waals surface area (Å²) in [7, 11) is -2.95. The van der Waals surface area contributed by atoms with Gasteiger partial charge in [-0.3, -0.25) is 0 Å². The molecule has 1 aliphatic rings. The third-order valence-corrected chi connectivity index (χ3v) is 5.01. The number of rotatable bonds is 7. The molecule has 0 saturated heterocycles. The number of thioether (sulfide) groups is 1. The summed E-state index contributed by atoms with van der Waals surface area (Å²) >= 11 is 1.38. The predicted molar refractivity (Wildman–Crippen MR) is 76.7 cm³/mol. The normalized spacial score (nSPS) is 15.7. The zero-order valence-electron chi connectivity index (χ0n) is 10.9. The largest absolute Gasteiger partial charge is 0.310 e. The van der Waals surface area contributed by atoms with E-state index in [1.54, 1.807) is 0 Å². The third kappa shape index (κ3) is 5.93. The minimum atomic E-state index is -2.95. The molecule has 19 heavy (non-hydrogen) atoms. The van der Waals surface area contributed by atoms with Crippen molar-refractivity contribution in [2.75, 3.05) is 17.8 Å². The van der Waals surface area contributed by atoms with E-state index in [1.165, 1.54) is 43.0 Å². The fourth-order valence-electron chi connectivity index (χ4n) is 1.67. The Bertz CT molecular complexity index is 542. The SMILES string of the molecule is CS(=O)(=O)CCSc1cc(F)cc(CNC2CC2)c1. The second-order valence-corrected chi connectivity index (χ2v) is 8.36. The molecule has 0 radical (unpaired) electrons. The summed E-state index contributed by atoms with van der Waals surface area (Å²) in [4.78, 5) is 0.788. The summed E-state index contributed by atoms with van der Waals surface area (Å²) in [6.45, 7) is 0.669. The van der Waals surface area contributed by atoms with E-state index >= 15 is 0 Å². The fraction of sp³-hybridized carbons (Fsp3) is 0.538. The van der Waals surface area contributed by atoms with Crippen LogP contribution in [0.4, 0.5) is 4.39 Å². The van der Waals surface area contributed by atoms with Crippen molar-refractivity contribution < 1.29 is 12.8 Å². The lowest BCUT2D eigenvalue weighted by atomic mass is 10.2. The first kappa shape index (κ1) is 14.8. The second-order valence-electron chi connectivity index (χ2n) is 4.93. The van der Waals surface area contributed by atoms with Crippen molar-refractivity contribution in [2.24, 2.45) is 0 Å². The minimum absolute atomic E-state index is 0.115. The standard InChI is InChI=1S/C13H18FNO2S2/c1-19(16,17)5-4-18-13-7-10(6-11(14)8-13)9-15-12-2-3-12/h6-8,12,15H,2-5,9H2,1H3. The van der Waals surface area contributed by atoms with Crippen LogP contribution in [0.15, 0.2) is 23.1 Å². The summed E-state index contributed by atoms with van der Waals surface area (Å²) in [5.74, 6) is 0.304. The maximum absolute atomic E-state index is 13.5. The molecule has 0 aromatic heterocycles. The van der Waals surface area contributed by atoms with Crippen LogP contribution in [0.1, 0.15) is 18.4 Å². The number of sulfone groups is 1. The van der Waals surface area contributed by atoms with E-state index in [0.717, 1.165) is 10.5 Å². The van der Waals surface area contributed by atoms with Crippen molar-refractivity contribution >= 4 is 21.6 Å². The van der Waals surface area contributed by atoms with Crippen molar-refractivity contribution in [3.63, 3.8) is 0 Å². The Kier molecular flexibility index (Phi) is 4.86. The summed E-state index contributed by atoms with van der Waals surface area (Å²) < 4.78 is 35.6. The molecule has 1 aromatic carbocycles. The second kappa shape index (κ2) is 6.24. The first-order chi connectivity index (χ1) is 8.92. The Morgan fingerprint density at radius 2 is 2.11 bits per heavy atom. The van der Waals surface area contributed by atoms with Crippen molar-refractivity contribution in [3.05, 3.63) is 29.6 Å². The summed E-state index contributed by atoms with van der Waals surface area (Å²) in [5, 5.41) is 3.34. The molecule has 3 nitrogen and oxygen atoms in total. The van der Waals surface area contributed by atoms with Crippen LogP contribution in [0.2, 0.25) is 0 Å². The molecular weight excluding hydrogens is 285 g/mol. The van der Waals surface area contributed by atoms with E-state index in [-0.39, 0.29) is 11.6 Å². The van der Waals surface area contributed by atoms with Gasteiger partial charge in [0.25, 0.3) is 0 Å². The van der Waals surface area contributed by atoms with Crippen LogP contribution in [0.5, 0.6) is 0 Å². The fourth-order valence-corrected chi connectivity index (χ4v) is 3.88. The zero-order chi connectivity index (χ0) is 13.9. The van der Waals surface area contributed by atoms with Gasteiger partial charge in [-0.25, -0.2) is 12.8 Å². The molecule has 1 N–H and O–H groups in total. The molecule has 1 aliphatic carbocycles. The lowest BCUT2D eigenvalue weighted by Crippen LogP contribution is -2.15. The highest BCUT2D eigenvalue weighted by molar-refractivity contribution is 8.00. The van der Waals surface area contributed by atoms with Gasteiger partial charge in [-0.2, -0.15) is 0 Å². The molecule has 6 heteroatoms. The van der Waals surface area contributed by atoms with E-state index in [1.807, 2.05) is 6.07 Å². The van der Waals surface area contributed by atoms with Gasteiger partial charge < -0.3 is 5.32 Å². The molecular formula is C13H18FNO2S2. The summed E-state index contributed by atoms with van der Waals surface area (Å²) in [6.07, 6.45) is 3.61. The molecule has 0 amide bonds. The van der Waals surface area contributed by atoms with Gasteiger partial charge >= 0.3 is 0 Å². The lowest BCUT2D eigenvalue weighted by molar-refractivity contribution is 0.603. The molecule has 2 rings (SSSR count). The van der Waals surface area contributed by atoms with Gasteiger partial charge in [0, 0.05) is 29.5 Å². The zero-order valence-corrected chi connectivity index (χ0v) is 12.5. The Balaban J connectivity index is 1.91. The molecule has 0 heterocycles. The smallest absolute Gasteiger partial charge is 0.148 e. The van der Waals surface area contributed by atoms with Crippen molar-refractivity contribution in [1.29, 1.82) is 0 Å².